The van der Waals surface area contributed by atoms with Gasteiger partial charge in [0.1, 0.15) is 5.75 Å². The standard InChI is InChI=1S/C23H23F3N2O3S2/c1-15-11-16(2)13-17(12-15)21-14-32-22(27-21)28-9-7-20(8-10-28)33(29,30)19-5-3-18(4-6-19)31-23(24,25)26/h3-6,11-14,20H,7-10H2,1-2H3. The van der Waals surface area contributed by atoms with Crippen LogP contribution < -0.4 is 9.64 Å². The van der Waals surface area contributed by atoms with Crippen LogP contribution in [0.2, 0.25) is 0 Å². The van der Waals surface area contributed by atoms with E-state index in [9.17, 15) is 21.6 Å². The molecule has 1 fully saturated rings. The Hall–Kier alpha value is -2.59. The molecule has 0 atom stereocenters. The molecule has 0 amide bonds. The molecule has 176 valence electrons. The number of alkyl halides is 3. The minimum atomic E-state index is -4.82. The molecule has 4 rings (SSSR count). The number of aryl methyl sites for hydroxylation is 2. The van der Waals surface area contributed by atoms with Crippen LogP contribution in [0.3, 0.4) is 0 Å². The molecule has 0 bridgehead atoms. The maximum absolute atomic E-state index is 13.0. The number of ether oxygens (including phenoxy) is 1. The number of piperidine rings is 1. The van der Waals surface area contributed by atoms with E-state index in [0.717, 1.165) is 28.5 Å². The summed E-state index contributed by atoms with van der Waals surface area (Å²) < 4.78 is 66.8. The van der Waals surface area contributed by atoms with Gasteiger partial charge in [0.25, 0.3) is 0 Å². The van der Waals surface area contributed by atoms with Crippen molar-refractivity contribution in [1.29, 1.82) is 0 Å². The van der Waals surface area contributed by atoms with Gasteiger partial charge in [-0.25, -0.2) is 13.4 Å². The second kappa shape index (κ2) is 8.98. The highest BCUT2D eigenvalue weighted by Gasteiger charge is 2.33. The van der Waals surface area contributed by atoms with Gasteiger partial charge in [0.05, 0.1) is 15.8 Å². The van der Waals surface area contributed by atoms with Crippen molar-refractivity contribution in [3.05, 3.63) is 59.0 Å². The van der Waals surface area contributed by atoms with E-state index in [1.807, 2.05) is 19.2 Å². The normalized spacial score (nSPS) is 15.6. The minimum Gasteiger partial charge on any atom is -0.406 e. The monoisotopic (exact) mass is 496 g/mol. The van der Waals surface area contributed by atoms with Crippen LogP contribution in [0.25, 0.3) is 11.3 Å². The molecule has 5 nitrogen and oxygen atoms in total. The predicted octanol–water partition coefficient (Wildman–Crippen LogP) is 5.77. The molecule has 0 N–H and O–H groups in total. The van der Waals surface area contributed by atoms with E-state index in [4.69, 9.17) is 4.98 Å². The van der Waals surface area contributed by atoms with Gasteiger partial charge in [0, 0.05) is 24.0 Å². The van der Waals surface area contributed by atoms with Crippen molar-refractivity contribution in [1.82, 2.24) is 4.98 Å². The molecule has 0 unspecified atom stereocenters. The molecular formula is C23H23F3N2O3S2. The Morgan fingerprint density at radius 1 is 1.03 bits per heavy atom. The van der Waals surface area contributed by atoms with Gasteiger partial charge >= 0.3 is 6.36 Å². The molecule has 2 aromatic carbocycles. The Morgan fingerprint density at radius 3 is 2.21 bits per heavy atom. The van der Waals surface area contributed by atoms with E-state index in [0.29, 0.717) is 25.9 Å². The van der Waals surface area contributed by atoms with Crippen LogP contribution in [0, 0.1) is 13.8 Å². The Labute approximate surface area is 194 Å². The van der Waals surface area contributed by atoms with Crippen molar-refractivity contribution in [2.45, 2.75) is 43.2 Å². The summed E-state index contributed by atoms with van der Waals surface area (Å²) in [5, 5.41) is 2.27. The second-order valence-corrected chi connectivity index (χ2v) is 11.2. The molecular weight excluding hydrogens is 473 g/mol. The number of sulfone groups is 1. The van der Waals surface area contributed by atoms with Crippen molar-refractivity contribution in [2.24, 2.45) is 0 Å². The largest absolute Gasteiger partial charge is 0.573 e. The van der Waals surface area contributed by atoms with Gasteiger partial charge in [-0.15, -0.1) is 24.5 Å². The molecule has 1 aliphatic rings. The zero-order chi connectivity index (χ0) is 23.8. The minimum absolute atomic E-state index is 0.00169. The molecule has 2 heterocycles. The first kappa shape index (κ1) is 23.6. The molecule has 0 spiro atoms. The first-order valence-electron chi connectivity index (χ1n) is 10.4. The highest BCUT2D eigenvalue weighted by Crippen LogP contribution is 2.33. The Bertz CT molecular complexity index is 1210. The Morgan fingerprint density at radius 2 is 1.64 bits per heavy atom. The number of aromatic nitrogens is 1. The maximum atomic E-state index is 13.0. The number of rotatable bonds is 5. The molecule has 1 saturated heterocycles. The van der Waals surface area contributed by atoms with Crippen LogP contribution in [-0.4, -0.2) is 38.1 Å². The van der Waals surface area contributed by atoms with Crippen LogP contribution in [-0.2, 0) is 9.84 Å². The van der Waals surface area contributed by atoms with Gasteiger partial charge in [0.15, 0.2) is 15.0 Å². The summed E-state index contributed by atoms with van der Waals surface area (Å²) in [4.78, 5) is 6.85. The smallest absolute Gasteiger partial charge is 0.406 e. The summed E-state index contributed by atoms with van der Waals surface area (Å²) in [6.45, 7) is 5.18. The molecule has 10 heteroatoms. The second-order valence-electron chi connectivity index (χ2n) is 8.14. The summed E-state index contributed by atoms with van der Waals surface area (Å²) in [6.07, 6.45) is -3.98. The lowest BCUT2D eigenvalue weighted by molar-refractivity contribution is -0.274. The fraction of sp³-hybridized carbons (Fsp3) is 0.348. The lowest BCUT2D eigenvalue weighted by Crippen LogP contribution is -2.39. The Balaban J connectivity index is 1.42. The molecule has 1 aliphatic heterocycles. The van der Waals surface area contributed by atoms with Gasteiger partial charge in [0.2, 0.25) is 0 Å². The topological polar surface area (TPSA) is 59.5 Å². The highest BCUT2D eigenvalue weighted by molar-refractivity contribution is 7.92. The number of anilines is 1. The number of benzene rings is 2. The van der Waals surface area contributed by atoms with Gasteiger partial charge < -0.3 is 9.64 Å². The van der Waals surface area contributed by atoms with Crippen molar-refractivity contribution in [3.8, 4) is 17.0 Å². The van der Waals surface area contributed by atoms with Gasteiger partial charge in [-0.05, 0) is 63.1 Å². The quantitative estimate of drug-likeness (QED) is 0.449. The van der Waals surface area contributed by atoms with Crippen molar-refractivity contribution < 1.29 is 26.3 Å². The zero-order valence-corrected chi connectivity index (χ0v) is 19.7. The van der Waals surface area contributed by atoms with Gasteiger partial charge in [-0.1, -0.05) is 17.2 Å². The molecule has 0 saturated carbocycles. The zero-order valence-electron chi connectivity index (χ0n) is 18.1. The van der Waals surface area contributed by atoms with Crippen molar-refractivity contribution >= 4 is 26.3 Å². The van der Waals surface area contributed by atoms with Gasteiger partial charge in [-0.2, -0.15) is 0 Å². The lowest BCUT2D eigenvalue weighted by Gasteiger charge is -2.31. The van der Waals surface area contributed by atoms with Crippen molar-refractivity contribution in [3.63, 3.8) is 0 Å². The SMILES string of the molecule is Cc1cc(C)cc(-c2csc(N3CCC(S(=O)(=O)c4ccc(OC(F)(F)F)cc4)CC3)n2)c1. The molecule has 3 aromatic rings. The van der Waals surface area contributed by atoms with E-state index in [2.05, 4.69) is 27.8 Å². The fourth-order valence-electron chi connectivity index (χ4n) is 4.05. The third kappa shape index (κ3) is 5.50. The maximum Gasteiger partial charge on any atom is 0.573 e. The fourth-order valence-corrected chi connectivity index (χ4v) is 6.67. The summed E-state index contributed by atoms with van der Waals surface area (Å²) >= 11 is 1.53. The molecule has 1 aromatic heterocycles. The van der Waals surface area contributed by atoms with E-state index in [1.54, 1.807) is 0 Å². The number of hydrogen-bond acceptors (Lipinski definition) is 6. The molecule has 0 radical (unpaired) electrons. The lowest BCUT2D eigenvalue weighted by atomic mass is 10.1. The highest BCUT2D eigenvalue weighted by atomic mass is 32.2. The van der Waals surface area contributed by atoms with Gasteiger partial charge in [-0.3, -0.25) is 0 Å². The molecule has 0 aliphatic carbocycles. The summed E-state index contributed by atoms with van der Waals surface area (Å²) in [5.74, 6) is -0.445. The number of nitrogens with zero attached hydrogens (tertiary/aromatic N) is 2. The average molecular weight is 497 g/mol. The van der Waals surface area contributed by atoms with Crippen LogP contribution in [0.4, 0.5) is 18.3 Å². The van der Waals surface area contributed by atoms with Crippen molar-refractivity contribution in [2.75, 3.05) is 18.0 Å². The summed E-state index contributed by atoms with van der Waals surface area (Å²) in [6, 6.07) is 10.7. The van der Waals surface area contributed by atoms with Crippen LogP contribution >= 0.6 is 11.3 Å². The van der Waals surface area contributed by atoms with E-state index in [-0.39, 0.29) is 4.90 Å². The third-order valence-corrected chi connectivity index (χ3v) is 8.73. The molecule has 33 heavy (non-hydrogen) atoms. The van der Waals surface area contributed by atoms with E-state index >= 15 is 0 Å². The van der Waals surface area contributed by atoms with Crippen LogP contribution in [0.1, 0.15) is 24.0 Å². The number of hydrogen-bond donors (Lipinski definition) is 0. The Kier molecular flexibility index (Phi) is 6.41. The first-order valence-corrected chi connectivity index (χ1v) is 12.8. The summed E-state index contributed by atoms with van der Waals surface area (Å²) in [5.41, 5.74) is 4.30. The third-order valence-electron chi connectivity index (χ3n) is 5.55. The summed E-state index contributed by atoms with van der Waals surface area (Å²) in [7, 11) is -3.66. The number of thiazole rings is 1. The first-order chi connectivity index (χ1) is 15.5. The van der Waals surface area contributed by atoms with E-state index < -0.39 is 27.2 Å². The predicted molar refractivity (Wildman–Crippen MR) is 123 cm³/mol. The number of halogens is 3. The van der Waals surface area contributed by atoms with E-state index in [1.165, 1.54) is 34.6 Å². The van der Waals surface area contributed by atoms with Crippen LogP contribution in [0.5, 0.6) is 5.75 Å². The average Bonchev–Trinajstić information content (AvgIpc) is 3.23. The van der Waals surface area contributed by atoms with Crippen LogP contribution in [0.15, 0.2) is 52.7 Å².